The summed E-state index contributed by atoms with van der Waals surface area (Å²) in [7, 11) is 0. The van der Waals surface area contributed by atoms with E-state index in [9.17, 15) is 0 Å². The number of nitrogens with zero attached hydrogens (tertiary/aromatic N) is 1. The van der Waals surface area contributed by atoms with Crippen molar-refractivity contribution < 1.29 is 0 Å². The van der Waals surface area contributed by atoms with Crippen LogP contribution in [0, 0.1) is 0 Å². The van der Waals surface area contributed by atoms with Crippen LogP contribution in [0.3, 0.4) is 0 Å². The number of fused-ring (bicyclic) bond motifs is 5. The highest BCUT2D eigenvalue weighted by molar-refractivity contribution is 6.22. The third-order valence-electron chi connectivity index (χ3n) is 11.8. The molecule has 0 aliphatic carbocycles. The van der Waals surface area contributed by atoms with Gasteiger partial charge in [-0.3, -0.25) is 0 Å². The van der Waals surface area contributed by atoms with Crippen molar-refractivity contribution in [3.63, 3.8) is 0 Å². The molecular weight excluding hydrogens is 711 g/mol. The van der Waals surface area contributed by atoms with E-state index in [0.29, 0.717) is 0 Å². The molecule has 1 heteroatoms. The van der Waals surface area contributed by atoms with E-state index in [4.69, 9.17) is 0 Å². The van der Waals surface area contributed by atoms with Crippen molar-refractivity contribution in [3.8, 4) is 44.5 Å². The summed E-state index contributed by atoms with van der Waals surface area (Å²) in [6, 6.07) is 86.3. The van der Waals surface area contributed by atoms with Gasteiger partial charge in [-0.15, -0.1) is 0 Å². The van der Waals surface area contributed by atoms with Crippen LogP contribution < -0.4 is 4.90 Å². The highest BCUT2D eigenvalue weighted by Crippen LogP contribution is 2.48. The molecule has 1 nitrogen and oxygen atoms in total. The van der Waals surface area contributed by atoms with Gasteiger partial charge in [-0.1, -0.05) is 206 Å². The molecule has 0 aliphatic heterocycles. The smallest absolute Gasteiger partial charge is 0.0540 e. The molecule has 0 radical (unpaired) electrons. The van der Waals surface area contributed by atoms with Crippen LogP contribution in [0.4, 0.5) is 17.1 Å². The lowest BCUT2D eigenvalue weighted by molar-refractivity contribution is 1.30. The Bertz CT molecular complexity index is 3320. The van der Waals surface area contributed by atoms with Crippen LogP contribution >= 0.6 is 0 Å². The standard InChI is InChI=1S/C58H39N/c1-3-20-42(21-4-1)57-53-32-12-11-31-51(53)52-37-36-45(39-54(52)58(57)43-22-5-2-6-23-43)50-30-13-14-34-55(50)59(56-35-17-25-41-19-8-10-29-49(41)56)46-27-15-26-44(38-46)48-33-16-24-40-18-7-9-28-47(40)48/h1-39H. The second-order valence-corrected chi connectivity index (χ2v) is 15.2. The molecule has 11 aromatic rings. The van der Waals surface area contributed by atoms with Gasteiger partial charge in [0.25, 0.3) is 0 Å². The Labute approximate surface area is 344 Å². The van der Waals surface area contributed by atoms with Crippen LogP contribution in [0.15, 0.2) is 237 Å². The fraction of sp³-hybridized carbons (Fsp3) is 0. The fourth-order valence-corrected chi connectivity index (χ4v) is 9.18. The lowest BCUT2D eigenvalue weighted by atomic mass is 9.84. The lowest BCUT2D eigenvalue weighted by Crippen LogP contribution is -2.12. The van der Waals surface area contributed by atoms with Gasteiger partial charge in [0.2, 0.25) is 0 Å². The minimum Gasteiger partial charge on any atom is -0.309 e. The molecule has 0 spiro atoms. The first kappa shape index (κ1) is 34.5. The first-order chi connectivity index (χ1) is 29.3. The minimum atomic E-state index is 1.10. The van der Waals surface area contributed by atoms with Crippen molar-refractivity contribution >= 4 is 60.2 Å². The molecule has 276 valence electrons. The van der Waals surface area contributed by atoms with Gasteiger partial charge in [0.15, 0.2) is 0 Å². The van der Waals surface area contributed by atoms with E-state index in [-0.39, 0.29) is 0 Å². The number of anilines is 3. The number of benzene rings is 11. The van der Waals surface area contributed by atoms with Crippen molar-refractivity contribution in [2.24, 2.45) is 0 Å². The van der Waals surface area contributed by atoms with Gasteiger partial charge in [-0.2, -0.15) is 0 Å². The van der Waals surface area contributed by atoms with Crippen LogP contribution in [-0.2, 0) is 0 Å². The largest absolute Gasteiger partial charge is 0.309 e. The number of para-hydroxylation sites is 1. The average Bonchev–Trinajstić information content (AvgIpc) is 3.32. The van der Waals surface area contributed by atoms with Crippen molar-refractivity contribution in [1.29, 1.82) is 0 Å². The van der Waals surface area contributed by atoms with E-state index in [1.165, 1.54) is 76.5 Å². The monoisotopic (exact) mass is 749 g/mol. The maximum atomic E-state index is 2.46. The zero-order valence-electron chi connectivity index (χ0n) is 32.5. The predicted molar refractivity (Wildman–Crippen MR) is 253 cm³/mol. The van der Waals surface area contributed by atoms with Crippen molar-refractivity contribution in [2.75, 3.05) is 4.90 Å². The topological polar surface area (TPSA) is 3.24 Å². The number of rotatable bonds is 7. The summed E-state index contributed by atoms with van der Waals surface area (Å²) in [5.41, 5.74) is 13.0. The molecule has 0 saturated carbocycles. The second-order valence-electron chi connectivity index (χ2n) is 15.2. The van der Waals surface area contributed by atoms with E-state index < -0.39 is 0 Å². The Kier molecular flexibility index (Phi) is 8.56. The van der Waals surface area contributed by atoms with Gasteiger partial charge in [-0.25, -0.2) is 0 Å². The normalized spacial score (nSPS) is 11.4. The van der Waals surface area contributed by atoms with Crippen LogP contribution in [0.2, 0.25) is 0 Å². The number of hydrogen-bond acceptors (Lipinski definition) is 1. The average molecular weight is 750 g/mol. The Morgan fingerprint density at radius 1 is 0.237 bits per heavy atom. The summed E-state index contributed by atoms with van der Waals surface area (Å²) < 4.78 is 0. The van der Waals surface area contributed by atoms with Crippen LogP contribution in [0.5, 0.6) is 0 Å². The second kappa shape index (κ2) is 14.6. The van der Waals surface area contributed by atoms with E-state index >= 15 is 0 Å². The van der Waals surface area contributed by atoms with Crippen LogP contribution in [0.25, 0.3) is 87.6 Å². The maximum absolute atomic E-state index is 2.46. The van der Waals surface area contributed by atoms with Gasteiger partial charge >= 0.3 is 0 Å². The van der Waals surface area contributed by atoms with Gasteiger partial charge in [-0.05, 0) is 107 Å². The summed E-state index contributed by atoms with van der Waals surface area (Å²) in [6.45, 7) is 0. The Hall–Kier alpha value is -7.74. The SMILES string of the molecule is c1ccc(-c2c(-c3ccccc3)c3cc(-c4ccccc4N(c4cccc(-c5cccc6ccccc56)c4)c4cccc5ccccc45)ccc3c3ccccc23)cc1. The minimum absolute atomic E-state index is 1.10. The van der Waals surface area contributed by atoms with Crippen LogP contribution in [-0.4, -0.2) is 0 Å². The van der Waals surface area contributed by atoms with E-state index in [1.54, 1.807) is 0 Å². The molecule has 11 rings (SSSR count). The molecule has 0 fully saturated rings. The Morgan fingerprint density at radius 3 is 1.47 bits per heavy atom. The molecule has 0 atom stereocenters. The first-order valence-electron chi connectivity index (χ1n) is 20.3. The fourth-order valence-electron chi connectivity index (χ4n) is 9.18. The molecule has 0 amide bonds. The third kappa shape index (κ3) is 6.04. The molecule has 0 aliphatic rings. The summed E-state index contributed by atoms with van der Waals surface area (Å²) in [5.74, 6) is 0. The van der Waals surface area contributed by atoms with Gasteiger partial charge in [0.1, 0.15) is 0 Å². The molecular formula is C58H39N. The van der Waals surface area contributed by atoms with E-state index in [0.717, 1.165) is 28.2 Å². The molecule has 0 saturated heterocycles. The Morgan fingerprint density at radius 2 is 0.712 bits per heavy atom. The quantitative estimate of drug-likeness (QED) is 0.147. The third-order valence-corrected chi connectivity index (χ3v) is 11.8. The van der Waals surface area contributed by atoms with Crippen molar-refractivity contribution in [3.05, 3.63) is 237 Å². The summed E-state index contributed by atoms with van der Waals surface area (Å²) in [5, 5.41) is 9.87. The molecule has 59 heavy (non-hydrogen) atoms. The van der Waals surface area contributed by atoms with E-state index in [2.05, 4.69) is 241 Å². The first-order valence-corrected chi connectivity index (χ1v) is 20.3. The zero-order chi connectivity index (χ0) is 39.1. The maximum Gasteiger partial charge on any atom is 0.0540 e. The summed E-state index contributed by atoms with van der Waals surface area (Å²) >= 11 is 0. The molecule has 0 aromatic heterocycles. The lowest BCUT2D eigenvalue weighted by Gasteiger charge is -2.29. The van der Waals surface area contributed by atoms with Gasteiger partial charge in [0, 0.05) is 16.6 Å². The van der Waals surface area contributed by atoms with Crippen molar-refractivity contribution in [2.45, 2.75) is 0 Å². The molecule has 11 aromatic carbocycles. The zero-order valence-corrected chi connectivity index (χ0v) is 32.5. The highest BCUT2D eigenvalue weighted by Gasteiger charge is 2.22. The van der Waals surface area contributed by atoms with E-state index in [1.807, 2.05) is 0 Å². The number of hydrogen-bond donors (Lipinski definition) is 0. The van der Waals surface area contributed by atoms with Crippen LogP contribution in [0.1, 0.15) is 0 Å². The highest BCUT2D eigenvalue weighted by atomic mass is 15.1. The predicted octanol–water partition coefficient (Wildman–Crippen LogP) is 16.4. The van der Waals surface area contributed by atoms with Gasteiger partial charge < -0.3 is 4.90 Å². The molecule has 0 heterocycles. The summed E-state index contributed by atoms with van der Waals surface area (Å²) in [6.07, 6.45) is 0. The molecule has 0 N–H and O–H groups in total. The Balaban J connectivity index is 1.18. The molecule has 0 bridgehead atoms. The van der Waals surface area contributed by atoms with Gasteiger partial charge in [0.05, 0.1) is 11.4 Å². The summed E-state index contributed by atoms with van der Waals surface area (Å²) in [4.78, 5) is 2.46. The van der Waals surface area contributed by atoms with Crippen molar-refractivity contribution in [1.82, 2.24) is 0 Å². The molecule has 0 unspecified atom stereocenters.